The first-order chi connectivity index (χ1) is 18.1. The van der Waals surface area contributed by atoms with Gasteiger partial charge in [0.15, 0.2) is 5.92 Å². The molecule has 2 heterocycles. The maximum Gasteiger partial charge on any atom is 0.321 e. The Morgan fingerprint density at radius 3 is 2.46 bits per heavy atom. The van der Waals surface area contributed by atoms with Crippen molar-refractivity contribution in [3.63, 3.8) is 0 Å². The number of fused-ring (bicyclic) bond motifs is 3. The van der Waals surface area contributed by atoms with Crippen LogP contribution >= 0.6 is 0 Å². The minimum atomic E-state index is -1.04. The summed E-state index contributed by atoms with van der Waals surface area (Å²) in [7, 11) is 0. The summed E-state index contributed by atoms with van der Waals surface area (Å²) in [5.74, 6) is 0.0284. The third-order valence-electron chi connectivity index (χ3n) is 6.65. The summed E-state index contributed by atoms with van der Waals surface area (Å²) in [5, 5.41) is 0. The zero-order chi connectivity index (χ0) is 25.8. The predicted octanol–water partition coefficient (Wildman–Crippen LogP) is 6.13. The van der Waals surface area contributed by atoms with Gasteiger partial charge in [0, 0.05) is 6.54 Å². The van der Waals surface area contributed by atoms with E-state index in [1.165, 1.54) is 0 Å². The molecule has 0 radical (unpaired) electrons. The molecule has 7 nitrogen and oxygen atoms in total. The Balaban J connectivity index is 1.66. The van der Waals surface area contributed by atoms with Crippen LogP contribution in [0.4, 0.5) is 5.95 Å². The number of benzene rings is 3. The van der Waals surface area contributed by atoms with Gasteiger partial charge in [-0.05, 0) is 55.3 Å². The van der Waals surface area contributed by atoms with Gasteiger partial charge in [-0.3, -0.25) is 14.5 Å². The van der Waals surface area contributed by atoms with E-state index in [-0.39, 0.29) is 12.5 Å². The van der Waals surface area contributed by atoms with Crippen molar-refractivity contribution >= 4 is 28.9 Å². The minimum absolute atomic E-state index is 0.194. The predicted molar refractivity (Wildman–Crippen MR) is 143 cm³/mol. The van der Waals surface area contributed by atoms with Gasteiger partial charge in [0.05, 0.1) is 23.7 Å². The molecule has 4 aromatic rings. The number of ether oxygens (including phenoxy) is 2. The highest BCUT2D eigenvalue weighted by atomic mass is 16.5. The van der Waals surface area contributed by atoms with Crippen LogP contribution in [0.5, 0.6) is 11.5 Å². The van der Waals surface area contributed by atoms with Crippen molar-refractivity contribution < 1.29 is 19.1 Å². The van der Waals surface area contributed by atoms with Gasteiger partial charge in [-0.25, -0.2) is 4.98 Å². The van der Waals surface area contributed by atoms with Crippen LogP contribution in [0.3, 0.4) is 0 Å². The van der Waals surface area contributed by atoms with Gasteiger partial charge in [-0.15, -0.1) is 0 Å². The lowest BCUT2D eigenvalue weighted by atomic mass is 9.89. The van der Waals surface area contributed by atoms with E-state index in [1.54, 1.807) is 11.8 Å². The van der Waals surface area contributed by atoms with Gasteiger partial charge in [-0.1, -0.05) is 62.2 Å². The third-order valence-corrected chi connectivity index (χ3v) is 6.65. The number of carbonyl (C=O) groups excluding carboxylic acids is 2. The zero-order valence-electron chi connectivity index (χ0n) is 21.2. The lowest BCUT2D eigenvalue weighted by molar-refractivity contribution is -0.153. The molecule has 5 rings (SSSR count). The largest absolute Gasteiger partial charge is 0.465 e. The molecule has 3 aromatic carbocycles. The van der Waals surface area contributed by atoms with Crippen LogP contribution in [0.25, 0.3) is 11.0 Å². The minimum Gasteiger partial charge on any atom is -0.465 e. The molecule has 7 heteroatoms. The van der Waals surface area contributed by atoms with E-state index in [0.717, 1.165) is 35.9 Å². The van der Waals surface area contributed by atoms with Crippen LogP contribution in [-0.4, -0.2) is 34.6 Å². The molecule has 0 unspecified atom stereocenters. The second-order valence-corrected chi connectivity index (χ2v) is 9.13. The summed E-state index contributed by atoms with van der Waals surface area (Å²) in [6.45, 7) is 4.57. The fourth-order valence-electron chi connectivity index (χ4n) is 4.97. The lowest BCUT2D eigenvalue weighted by Gasteiger charge is -2.38. The summed E-state index contributed by atoms with van der Waals surface area (Å²) in [6, 6.07) is 24.2. The van der Waals surface area contributed by atoms with E-state index >= 15 is 0 Å². The maximum atomic E-state index is 14.0. The molecule has 0 bridgehead atoms. The monoisotopic (exact) mass is 497 g/mol. The Hall–Kier alpha value is -4.13. The number of amides is 1. The van der Waals surface area contributed by atoms with Crippen LogP contribution in [0.1, 0.15) is 44.7 Å². The first kappa shape index (κ1) is 24.6. The normalized spacial score (nSPS) is 17.0. The number of aromatic nitrogens is 2. The van der Waals surface area contributed by atoms with Crippen LogP contribution in [0, 0.1) is 5.92 Å². The Bertz CT molecular complexity index is 1400. The van der Waals surface area contributed by atoms with Gasteiger partial charge in [0.2, 0.25) is 11.9 Å². The Labute approximate surface area is 216 Å². The Morgan fingerprint density at radius 1 is 0.919 bits per heavy atom. The molecule has 190 valence electrons. The van der Waals surface area contributed by atoms with Gasteiger partial charge >= 0.3 is 5.97 Å². The molecule has 0 saturated carbocycles. The van der Waals surface area contributed by atoms with Crippen LogP contribution < -0.4 is 9.64 Å². The van der Waals surface area contributed by atoms with E-state index in [2.05, 4.69) is 6.92 Å². The van der Waals surface area contributed by atoms with Crippen molar-refractivity contribution in [1.82, 2.24) is 9.55 Å². The number of hydrogen-bond donors (Lipinski definition) is 0. The van der Waals surface area contributed by atoms with E-state index in [0.29, 0.717) is 24.0 Å². The molecule has 1 aliphatic rings. The highest BCUT2D eigenvalue weighted by Gasteiger charge is 2.47. The van der Waals surface area contributed by atoms with Gasteiger partial charge in [0.25, 0.3) is 0 Å². The van der Waals surface area contributed by atoms with E-state index in [9.17, 15) is 9.59 Å². The molecule has 1 aliphatic heterocycles. The van der Waals surface area contributed by atoms with Crippen molar-refractivity contribution in [1.29, 1.82) is 0 Å². The summed E-state index contributed by atoms with van der Waals surface area (Å²) in [4.78, 5) is 33.9. The fourth-order valence-corrected chi connectivity index (χ4v) is 4.97. The molecule has 0 N–H and O–H groups in total. The van der Waals surface area contributed by atoms with Crippen LogP contribution in [0.2, 0.25) is 0 Å². The number of unbranched alkanes of at least 4 members (excludes halogenated alkanes) is 2. The number of esters is 1. The second kappa shape index (κ2) is 10.9. The van der Waals surface area contributed by atoms with Gasteiger partial charge < -0.3 is 14.0 Å². The summed E-state index contributed by atoms with van der Waals surface area (Å²) < 4.78 is 13.6. The molecular weight excluding hydrogens is 466 g/mol. The third kappa shape index (κ3) is 4.81. The molecule has 0 saturated heterocycles. The second-order valence-electron chi connectivity index (χ2n) is 9.13. The summed E-state index contributed by atoms with van der Waals surface area (Å²) >= 11 is 0. The number of carbonyl (C=O) groups is 2. The molecule has 2 atom stereocenters. The van der Waals surface area contributed by atoms with Crippen molar-refractivity contribution in [3.8, 4) is 11.5 Å². The highest BCUT2D eigenvalue weighted by molar-refractivity contribution is 6.08. The average Bonchev–Trinajstić information content (AvgIpc) is 3.29. The van der Waals surface area contributed by atoms with E-state index in [4.69, 9.17) is 14.5 Å². The topological polar surface area (TPSA) is 73.7 Å². The van der Waals surface area contributed by atoms with Crippen molar-refractivity contribution in [2.24, 2.45) is 5.92 Å². The number of rotatable bonds is 9. The lowest BCUT2D eigenvalue weighted by Crippen LogP contribution is -2.50. The molecule has 1 amide bonds. The summed E-state index contributed by atoms with van der Waals surface area (Å²) in [5.41, 5.74) is 2.41. The van der Waals surface area contributed by atoms with E-state index in [1.807, 2.05) is 83.4 Å². The molecule has 37 heavy (non-hydrogen) atoms. The highest BCUT2D eigenvalue weighted by Crippen LogP contribution is 2.42. The number of nitrogens with zero attached hydrogens (tertiary/aromatic N) is 3. The van der Waals surface area contributed by atoms with Gasteiger partial charge in [0.1, 0.15) is 11.5 Å². The Morgan fingerprint density at radius 2 is 1.68 bits per heavy atom. The molecule has 0 aliphatic carbocycles. The fraction of sp³-hybridized carbons (Fsp3) is 0.300. The average molecular weight is 498 g/mol. The van der Waals surface area contributed by atoms with Crippen molar-refractivity contribution in [2.45, 2.75) is 39.2 Å². The van der Waals surface area contributed by atoms with Gasteiger partial charge in [-0.2, -0.15) is 0 Å². The SMILES string of the molecule is CCCCCN1C(=O)[C@H](C(=O)OCC)[C@@H](c2cccc(Oc3ccccc3)c2)n2c1nc1ccccc12. The number of hydrogen-bond acceptors (Lipinski definition) is 5. The number of para-hydroxylation sites is 3. The standard InChI is InChI=1S/C30H31N3O4/c1-3-5-11-19-32-28(34)26(29(35)36-4-2)27(33-25-18-10-9-17-24(25)31-30(32)33)21-13-12-16-23(20-21)37-22-14-7-6-8-15-22/h6-10,12-18,20,26-27H,3-5,11,19H2,1-2H3/t26-,27-/m1/s1. The molecule has 0 fully saturated rings. The number of imidazole rings is 1. The first-order valence-corrected chi connectivity index (χ1v) is 12.9. The van der Waals surface area contributed by atoms with E-state index < -0.39 is 17.9 Å². The van der Waals surface area contributed by atoms with Crippen LogP contribution in [0.15, 0.2) is 78.9 Å². The van der Waals surface area contributed by atoms with Crippen LogP contribution in [-0.2, 0) is 14.3 Å². The molecule has 1 aromatic heterocycles. The van der Waals surface area contributed by atoms with Crippen molar-refractivity contribution in [3.05, 3.63) is 84.4 Å². The van der Waals surface area contributed by atoms with Crippen molar-refractivity contribution in [2.75, 3.05) is 18.1 Å². The number of anilines is 1. The zero-order valence-corrected chi connectivity index (χ0v) is 21.2. The maximum absolute atomic E-state index is 14.0. The Kier molecular flexibility index (Phi) is 7.21. The molecule has 0 spiro atoms. The quantitative estimate of drug-likeness (QED) is 0.158. The first-order valence-electron chi connectivity index (χ1n) is 12.9. The smallest absolute Gasteiger partial charge is 0.321 e. The summed E-state index contributed by atoms with van der Waals surface area (Å²) in [6.07, 6.45) is 2.83. The molecular formula is C30H31N3O4.